The van der Waals surface area contributed by atoms with Crippen molar-refractivity contribution in [3.05, 3.63) is 88.9 Å². The van der Waals surface area contributed by atoms with E-state index in [9.17, 15) is 4.79 Å². The van der Waals surface area contributed by atoms with Crippen LogP contribution in [0.2, 0.25) is 5.02 Å². The molecule has 0 spiro atoms. The number of nitrogens with zero attached hydrogens (tertiary/aromatic N) is 2. The summed E-state index contributed by atoms with van der Waals surface area (Å²) in [6.07, 6.45) is 0. The Morgan fingerprint density at radius 3 is 2.19 bits per heavy atom. The van der Waals surface area contributed by atoms with Crippen LogP contribution in [-0.4, -0.2) is 44.0 Å². The fraction of sp³-hybridized carbons (Fsp3) is 0.240. The minimum Gasteiger partial charge on any atom is -0.369 e. The van der Waals surface area contributed by atoms with E-state index in [4.69, 9.17) is 11.6 Å². The Labute approximate surface area is 193 Å². The maximum absolute atomic E-state index is 12.6. The first kappa shape index (κ1) is 21.8. The maximum Gasteiger partial charge on any atom is 0.255 e. The van der Waals surface area contributed by atoms with Gasteiger partial charge in [-0.1, -0.05) is 23.7 Å². The van der Waals surface area contributed by atoms with Gasteiger partial charge < -0.3 is 15.1 Å². The molecule has 0 aliphatic carbocycles. The van der Waals surface area contributed by atoms with Crippen molar-refractivity contribution in [2.75, 3.05) is 43.4 Å². The molecule has 1 aliphatic rings. The fourth-order valence-corrected chi connectivity index (χ4v) is 4.45. The molecule has 31 heavy (non-hydrogen) atoms. The number of nitrogens with one attached hydrogen (secondary N) is 1. The molecule has 0 unspecified atom stereocenters. The van der Waals surface area contributed by atoms with Gasteiger partial charge in [0.15, 0.2) is 0 Å². The molecule has 160 valence electrons. The van der Waals surface area contributed by atoms with Crippen LogP contribution in [0.5, 0.6) is 0 Å². The van der Waals surface area contributed by atoms with Crippen molar-refractivity contribution < 1.29 is 4.79 Å². The first-order chi connectivity index (χ1) is 15.1. The summed E-state index contributed by atoms with van der Waals surface area (Å²) in [6.45, 7) is 4.22. The van der Waals surface area contributed by atoms with Crippen molar-refractivity contribution in [3.8, 4) is 0 Å². The molecule has 0 saturated carbocycles. The Morgan fingerprint density at radius 2 is 1.55 bits per heavy atom. The molecule has 4 rings (SSSR count). The van der Waals surface area contributed by atoms with Crippen LogP contribution in [0.1, 0.15) is 15.9 Å². The molecule has 1 amide bonds. The zero-order valence-corrected chi connectivity index (χ0v) is 19.1. The third kappa shape index (κ3) is 6.03. The molecule has 1 fully saturated rings. The van der Waals surface area contributed by atoms with Crippen molar-refractivity contribution >= 4 is 40.6 Å². The molecule has 1 saturated heterocycles. The van der Waals surface area contributed by atoms with E-state index in [1.165, 1.54) is 16.1 Å². The van der Waals surface area contributed by atoms with Gasteiger partial charge in [0.1, 0.15) is 0 Å². The zero-order chi connectivity index (χ0) is 21.6. The Bertz CT molecular complexity index is 998. The molecule has 0 bridgehead atoms. The summed E-state index contributed by atoms with van der Waals surface area (Å²) < 4.78 is 0. The predicted molar refractivity (Wildman–Crippen MR) is 132 cm³/mol. The number of carbonyl (C=O) groups excluding carboxylic acids is 1. The number of rotatable bonds is 6. The van der Waals surface area contributed by atoms with Gasteiger partial charge in [-0.25, -0.2) is 0 Å². The highest BCUT2D eigenvalue weighted by atomic mass is 35.5. The average Bonchev–Trinajstić information content (AvgIpc) is 2.80. The second-order valence-corrected chi connectivity index (χ2v) is 9.22. The highest BCUT2D eigenvalue weighted by Gasteiger charge is 2.14. The molecular weight excluding hydrogens is 426 g/mol. The summed E-state index contributed by atoms with van der Waals surface area (Å²) in [5.41, 5.74) is 3.84. The summed E-state index contributed by atoms with van der Waals surface area (Å²) in [6, 6.07) is 23.7. The first-order valence-corrected chi connectivity index (χ1v) is 11.8. The van der Waals surface area contributed by atoms with E-state index < -0.39 is 0 Å². The van der Waals surface area contributed by atoms with Crippen molar-refractivity contribution in [2.45, 2.75) is 10.6 Å². The van der Waals surface area contributed by atoms with Crippen molar-refractivity contribution in [3.63, 3.8) is 0 Å². The van der Waals surface area contributed by atoms with Gasteiger partial charge in [-0.3, -0.25) is 4.79 Å². The number of thioether (sulfide) groups is 1. The molecule has 0 radical (unpaired) electrons. The van der Waals surface area contributed by atoms with Crippen molar-refractivity contribution in [1.82, 2.24) is 4.90 Å². The van der Waals surface area contributed by atoms with E-state index in [0.717, 1.165) is 42.6 Å². The minimum absolute atomic E-state index is 0.0933. The second kappa shape index (κ2) is 10.2. The molecule has 6 heteroatoms. The highest BCUT2D eigenvalue weighted by molar-refractivity contribution is 7.98. The van der Waals surface area contributed by atoms with Gasteiger partial charge in [0.25, 0.3) is 5.91 Å². The largest absolute Gasteiger partial charge is 0.369 e. The zero-order valence-electron chi connectivity index (χ0n) is 17.6. The van der Waals surface area contributed by atoms with Gasteiger partial charge in [0, 0.05) is 58.8 Å². The Kier molecular flexibility index (Phi) is 7.17. The van der Waals surface area contributed by atoms with Gasteiger partial charge in [0.05, 0.1) is 0 Å². The Balaban J connectivity index is 1.30. The lowest BCUT2D eigenvalue weighted by Gasteiger charge is -2.34. The third-order valence-electron chi connectivity index (χ3n) is 5.43. The Morgan fingerprint density at radius 1 is 0.903 bits per heavy atom. The van der Waals surface area contributed by atoms with Crippen molar-refractivity contribution in [2.24, 2.45) is 0 Å². The van der Waals surface area contributed by atoms with Crippen LogP contribution in [0.25, 0.3) is 0 Å². The summed E-state index contributed by atoms with van der Waals surface area (Å²) in [5.74, 6) is 0.751. The fourth-order valence-electron chi connectivity index (χ4n) is 3.47. The van der Waals surface area contributed by atoms with Crippen LogP contribution < -0.4 is 10.2 Å². The standard InChI is InChI=1S/C25H26ClN3OS/c1-28-14-16-29(17-15-28)23-10-8-22(9-11-23)27-25(30)20-4-2-19(3-5-20)18-31-24-12-6-21(26)7-13-24/h2-13H,14-18H2,1H3,(H,27,30). The van der Waals surface area contributed by atoms with Gasteiger partial charge in [-0.05, 0) is 73.3 Å². The lowest BCUT2D eigenvalue weighted by Crippen LogP contribution is -2.44. The van der Waals surface area contributed by atoms with Crippen LogP contribution in [-0.2, 0) is 5.75 Å². The number of anilines is 2. The molecule has 1 heterocycles. The Hall–Kier alpha value is -2.47. The number of hydrogen-bond donors (Lipinski definition) is 1. The number of amides is 1. The number of piperazine rings is 1. The van der Waals surface area contributed by atoms with Gasteiger partial charge in [-0.15, -0.1) is 11.8 Å². The van der Waals surface area contributed by atoms with E-state index in [0.29, 0.717) is 5.56 Å². The highest BCUT2D eigenvalue weighted by Crippen LogP contribution is 2.25. The quantitative estimate of drug-likeness (QED) is 0.492. The summed E-state index contributed by atoms with van der Waals surface area (Å²) in [7, 11) is 2.15. The van der Waals surface area contributed by atoms with E-state index in [2.05, 4.69) is 34.3 Å². The lowest BCUT2D eigenvalue weighted by atomic mass is 10.1. The monoisotopic (exact) mass is 451 g/mol. The van der Waals surface area contributed by atoms with Crippen LogP contribution >= 0.6 is 23.4 Å². The predicted octanol–water partition coefficient (Wildman–Crippen LogP) is 5.64. The number of likely N-dealkylation sites (N-methyl/N-ethyl adjacent to an activating group) is 1. The molecule has 1 aliphatic heterocycles. The molecule has 4 nitrogen and oxygen atoms in total. The first-order valence-electron chi connectivity index (χ1n) is 10.4. The topological polar surface area (TPSA) is 35.6 Å². The molecular formula is C25H26ClN3OS. The molecule has 0 atom stereocenters. The van der Waals surface area contributed by atoms with Crippen molar-refractivity contribution in [1.29, 1.82) is 0 Å². The summed E-state index contributed by atoms with van der Waals surface area (Å²) >= 11 is 7.68. The number of hydrogen-bond acceptors (Lipinski definition) is 4. The van der Waals surface area contributed by atoms with Gasteiger partial charge in [0.2, 0.25) is 0 Å². The summed E-state index contributed by atoms with van der Waals surface area (Å²) in [4.78, 5) is 18.5. The second-order valence-electron chi connectivity index (χ2n) is 7.73. The van der Waals surface area contributed by atoms with Crippen LogP contribution in [0, 0.1) is 0 Å². The average molecular weight is 452 g/mol. The minimum atomic E-state index is -0.0933. The van der Waals surface area contributed by atoms with E-state index >= 15 is 0 Å². The van der Waals surface area contributed by atoms with E-state index in [-0.39, 0.29) is 5.91 Å². The number of benzene rings is 3. The number of carbonyl (C=O) groups is 1. The molecule has 3 aromatic carbocycles. The lowest BCUT2D eigenvalue weighted by molar-refractivity contribution is 0.102. The van der Waals surface area contributed by atoms with Crippen LogP contribution in [0.15, 0.2) is 77.7 Å². The molecule has 3 aromatic rings. The molecule has 0 aromatic heterocycles. The van der Waals surface area contributed by atoms with E-state index in [1.807, 2.05) is 60.7 Å². The van der Waals surface area contributed by atoms with Gasteiger partial charge in [-0.2, -0.15) is 0 Å². The number of halogens is 1. The SMILES string of the molecule is CN1CCN(c2ccc(NC(=O)c3ccc(CSc4ccc(Cl)cc4)cc3)cc2)CC1. The normalized spacial score (nSPS) is 14.5. The van der Waals surface area contributed by atoms with E-state index in [1.54, 1.807) is 11.8 Å². The third-order valence-corrected chi connectivity index (χ3v) is 6.76. The van der Waals surface area contributed by atoms with Crippen LogP contribution in [0.4, 0.5) is 11.4 Å². The molecule has 1 N–H and O–H groups in total. The smallest absolute Gasteiger partial charge is 0.255 e. The summed E-state index contributed by atoms with van der Waals surface area (Å²) in [5, 5.41) is 3.74. The van der Waals surface area contributed by atoms with Crippen LogP contribution in [0.3, 0.4) is 0 Å². The maximum atomic E-state index is 12.6. The van der Waals surface area contributed by atoms with Gasteiger partial charge >= 0.3 is 0 Å².